The van der Waals surface area contributed by atoms with Gasteiger partial charge in [-0.3, -0.25) is 0 Å². The summed E-state index contributed by atoms with van der Waals surface area (Å²) in [4.78, 5) is 0.975. The topological polar surface area (TPSA) is 3.24 Å². The molecule has 0 aromatic carbocycles. The van der Waals surface area contributed by atoms with Crippen molar-refractivity contribution in [1.82, 2.24) is 4.90 Å². The zero-order valence-corrected chi connectivity index (χ0v) is 11.5. The van der Waals surface area contributed by atoms with Crippen molar-refractivity contribution in [3.8, 4) is 0 Å². The monoisotopic (exact) mass is 373 g/mol. The molecule has 0 heterocycles. The van der Waals surface area contributed by atoms with Crippen molar-refractivity contribution in [3.63, 3.8) is 0 Å². The largest absolute Gasteiger partial charge is 0.460 e. The first-order chi connectivity index (χ1) is 9.84. The molecule has 0 amide bonds. The zero-order valence-electron chi connectivity index (χ0n) is 11.5. The van der Waals surface area contributed by atoms with Gasteiger partial charge in [0.2, 0.25) is 0 Å². The van der Waals surface area contributed by atoms with Gasteiger partial charge in [0.05, 0.1) is 0 Å². The van der Waals surface area contributed by atoms with Crippen molar-refractivity contribution < 1.29 is 52.7 Å². The van der Waals surface area contributed by atoms with E-state index in [1.54, 1.807) is 0 Å². The summed E-state index contributed by atoms with van der Waals surface area (Å²) in [6, 6.07) is 0. The predicted octanol–water partition coefficient (Wildman–Crippen LogP) is 4.38. The molecular formula is C10H11F12N. The Hall–Kier alpha value is -0.880. The van der Waals surface area contributed by atoms with Crippen LogP contribution in [0.25, 0.3) is 0 Å². The highest BCUT2D eigenvalue weighted by molar-refractivity contribution is 5.08. The van der Waals surface area contributed by atoms with Gasteiger partial charge in [0.1, 0.15) is 0 Å². The third-order valence-corrected chi connectivity index (χ3v) is 2.79. The van der Waals surface area contributed by atoms with Crippen molar-refractivity contribution in [1.29, 1.82) is 0 Å². The van der Waals surface area contributed by atoms with Gasteiger partial charge in [0, 0.05) is 6.54 Å². The Bertz CT molecular complexity index is 399. The van der Waals surface area contributed by atoms with E-state index in [9.17, 15) is 52.7 Å². The van der Waals surface area contributed by atoms with Crippen molar-refractivity contribution in [3.05, 3.63) is 0 Å². The minimum absolute atomic E-state index is 0.673. The van der Waals surface area contributed by atoms with E-state index in [2.05, 4.69) is 0 Å². The standard InChI is InChI=1S/C10H11F12N/c1-23(2)4-3-5(11)6(12,13)7(14,15)8(16,17)9(18,19)10(20,21)22/h5H,3-4H2,1-2H3. The quantitative estimate of drug-likeness (QED) is 0.599. The average molecular weight is 373 g/mol. The number of nitrogens with zero attached hydrogens (tertiary/aromatic N) is 1. The Morgan fingerprint density at radius 1 is 0.696 bits per heavy atom. The second-order valence-corrected chi connectivity index (χ2v) is 4.90. The summed E-state index contributed by atoms with van der Waals surface area (Å²) in [5.74, 6) is -28.8. The molecule has 0 aromatic heterocycles. The second-order valence-electron chi connectivity index (χ2n) is 4.90. The SMILES string of the molecule is CN(C)CCC(F)C(F)(F)C(F)(F)C(F)(F)C(F)(F)C(F)(F)F. The molecule has 0 aliphatic rings. The molecule has 23 heavy (non-hydrogen) atoms. The fourth-order valence-corrected chi connectivity index (χ4v) is 1.33. The van der Waals surface area contributed by atoms with E-state index in [-0.39, 0.29) is 0 Å². The van der Waals surface area contributed by atoms with Crippen molar-refractivity contribution in [2.75, 3.05) is 20.6 Å². The summed E-state index contributed by atoms with van der Waals surface area (Å²) < 4.78 is 152. The van der Waals surface area contributed by atoms with Crippen LogP contribution >= 0.6 is 0 Å². The van der Waals surface area contributed by atoms with Crippen LogP contribution in [0.5, 0.6) is 0 Å². The molecule has 0 N–H and O–H groups in total. The molecule has 0 aliphatic carbocycles. The highest BCUT2D eigenvalue weighted by Gasteiger charge is 2.88. The highest BCUT2D eigenvalue weighted by Crippen LogP contribution is 2.58. The molecule has 0 spiro atoms. The summed E-state index contributed by atoms with van der Waals surface area (Å²) in [6.45, 7) is -0.673. The van der Waals surface area contributed by atoms with E-state index >= 15 is 0 Å². The first kappa shape index (κ1) is 22.1. The van der Waals surface area contributed by atoms with Crippen molar-refractivity contribution in [2.24, 2.45) is 0 Å². The highest BCUT2D eigenvalue weighted by atomic mass is 19.4. The van der Waals surface area contributed by atoms with Crippen molar-refractivity contribution >= 4 is 0 Å². The Morgan fingerprint density at radius 3 is 1.39 bits per heavy atom. The lowest BCUT2D eigenvalue weighted by Gasteiger charge is -2.38. The fraction of sp³-hybridized carbons (Fsp3) is 1.00. The first-order valence-corrected chi connectivity index (χ1v) is 5.70. The number of hydrogen-bond donors (Lipinski definition) is 0. The molecular weight excluding hydrogens is 362 g/mol. The van der Waals surface area contributed by atoms with Crippen LogP contribution in [0.1, 0.15) is 6.42 Å². The lowest BCUT2D eigenvalue weighted by molar-refractivity contribution is -0.426. The number of halogens is 12. The van der Waals surface area contributed by atoms with Crippen LogP contribution in [0.15, 0.2) is 0 Å². The molecule has 140 valence electrons. The van der Waals surface area contributed by atoms with Crippen LogP contribution in [0.2, 0.25) is 0 Å². The molecule has 0 saturated carbocycles. The van der Waals surface area contributed by atoms with Gasteiger partial charge in [-0.15, -0.1) is 0 Å². The molecule has 13 heteroatoms. The van der Waals surface area contributed by atoms with Gasteiger partial charge in [0.25, 0.3) is 0 Å². The predicted molar refractivity (Wildman–Crippen MR) is 53.9 cm³/mol. The van der Waals surface area contributed by atoms with Gasteiger partial charge in [-0.25, -0.2) is 4.39 Å². The number of rotatable bonds is 7. The molecule has 0 radical (unpaired) electrons. The van der Waals surface area contributed by atoms with Gasteiger partial charge < -0.3 is 4.90 Å². The Labute approximate surface area is 122 Å². The van der Waals surface area contributed by atoms with E-state index < -0.39 is 49.0 Å². The fourth-order valence-electron chi connectivity index (χ4n) is 1.33. The maximum Gasteiger partial charge on any atom is 0.460 e. The van der Waals surface area contributed by atoms with E-state index in [1.165, 1.54) is 0 Å². The Balaban J connectivity index is 5.75. The molecule has 1 unspecified atom stereocenters. The van der Waals surface area contributed by atoms with Crippen LogP contribution in [-0.2, 0) is 0 Å². The molecule has 1 nitrogen and oxygen atoms in total. The second kappa shape index (κ2) is 6.20. The lowest BCUT2D eigenvalue weighted by atomic mass is 9.94. The minimum atomic E-state index is -7.57. The van der Waals surface area contributed by atoms with Crippen LogP contribution in [0.3, 0.4) is 0 Å². The molecule has 0 rings (SSSR count). The zero-order chi connectivity index (χ0) is 19.1. The van der Waals surface area contributed by atoms with Gasteiger partial charge in [-0.2, -0.15) is 48.3 Å². The van der Waals surface area contributed by atoms with Gasteiger partial charge in [-0.05, 0) is 20.5 Å². The molecule has 0 bridgehead atoms. The van der Waals surface area contributed by atoms with Gasteiger partial charge >= 0.3 is 29.9 Å². The van der Waals surface area contributed by atoms with E-state index in [0.29, 0.717) is 0 Å². The number of hydrogen-bond acceptors (Lipinski definition) is 1. The van der Waals surface area contributed by atoms with Gasteiger partial charge in [0.15, 0.2) is 6.17 Å². The molecule has 0 fully saturated rings. The van der Waals surface area contributed by atoms with E-state index in [4.69, 9.17) is 0 Å². The molecule has 0 aromatic rings. The summed E-state index contributed by atoms with van der Waals surface area (Å²) >= 11 is 0. The Morgan fingerprint density at radius 2 is 1.09 bits per heavy atom. The van der Waals surface area contributed by atoms with Gasteiger partial charge in [-0.1, -0.05) is 0 Å². The van der Waals surface area contributed by atoms with Crippen LogP contribution in [-0.4, -0.2) is 61.6 Å². The smallest absolute Gasteiger partial charge is 0.309 e. The summed E-state index contributed by atoms with van der Waals surface area (Å²) in [5, 5.41) is 0. The van der Waals surface area contributed by atoms with E-state index in [1.807, 2.05) is 0 Å². The molecule has 0 saturated heterocycles. The first-order valence-electron chi connectivity index (χ1n) is 5.70. The maximum atomic E-state index is 13.1. The maximum absolute atomic E-state index is 13.1. The lowest BCUT2D eigenvalue weighted by Crippen LogP contribution is -2.68. The summed E-state index contributed by atoms with van der Waals surface area (Å²) in [6.07, 6.45) is -12.8. The van der Waals surface area contributed by atoms with Crippen LogP contribution in [0, 0.1) is 0 Å². The van der Waals surface area contributed by atoms with Crippen LogP contribution < -0.4 is 0 Å². The summed E-state index contributed by atoms with van der Waals surface area (Å²) in [7, 11) is 2.32. The minimum Gasteiger partial charge on any atom is -0.309 e. The van der Waals surface area contributed by atoms with Crippen molar-refractivity contribution in [2.45, 2.75) is 42.5 Å². The molecule has 1 atom stereocenters. The summed E-state index contributed by atoms with van der Waals surface area (Å²) in [5.41, 5.74) is 0. The third-order valence-electron chi connectivity index (χ3n) is 2.79. The average Bonchev–Trinajstić information content (AvgIpc) is 2.33. The number of alkyl halides is 12. The molecule has 0 aliphatic heterocycles. The van der Waals surface area contributed by atoms with Crippen LogP contribution in [0.4, 0.5) is 52.7 Å². The van der Waals surface area contributed by atoms with E-state index in [0.717, 1.165) is 19.0 Å². The third kappa shape index (κ3) is 3.63. The Kier molecular flexibility index (Phi) is 5.97. The normalized spacial score (nSPS) is 16.8.